The number of likely N-dealkylation sites (tertiary alicyclic amines) is 2. The molecule has 0 aliphatic carbocycles. The van der Waals surface area contributed by atoms with Crippen molar-refractivity contribution in [2.75, 3.05) is 32.7 Å². The molecule has 2 fully saturated rings. The van der Waals surface area contributed by atoms with Gasteiger partial charge in [0.2, 0.25) is 17.6 Å². The van der Waals surface area contributed by atoms with E-state index < -0.39 is 0 Å². The highest BCUT2D eigenvalue weighted by atomic mass is 35.5. The zero-order valence-electron chi connectivity index (χ0n) is 19.6. The van der Waals surface area contributed by atoms with Crippen molar-refractivity contribution >= 4 is 17.5 Å². The van der Waals surface area contributed by atoms with Crippen molar-refractivity contribution in [2.24, 2.45) is 5.92 Å². The summed E-state index contributed by atoms with van der Waals surface area (Å²) in [7, 11) is 0. The fourth-order valence-corrected chi connectivity index (χ4v) is 5.25. The molecule has 2 saturated heterocycles. The van der Waals surface area contributed by atoms with E-state index in [1.165, 1.54) is 32.2 Å². The number of nitrogens with one attached hydrogen (secondary N) is 1. The Hall–Kier alpha value is -1.96. The van der Waals surface area contributed by atoms with E-state index in [-0.39, 0.29) is 11.8 Å². The Bertz CT molecular complexity index is 896. The van der Waals surface area contributed by atoms with Crippen LogP contribution in [0.1, 0.15) is 57.8 Å². The second kappa shape index (κ2) is 12.0. The number of aromatic nitrogens is 2. The smallest absolute Gasteiger partial charge is 0.241 e. The topological polar surface area (TPSA) is 74.5 Å². The highest BCUT2D eigenvalue weighted by molar-refractivity contribution is 6.30. The fourth-order valence-electron chi connectivity index (χ4n) is 5.06. The molecule has 1 aromatic carbocycles. The maximum atomic E-state index is 12.6. The third-order valence-corrected chi connectivity index (χ3v) is 7.24. The van der Waals surface area contributed by atoms with Crippen LogP contribution in [0.15, 0.2) is 28.8 Å². The van der Waals surface area contributed by atoms with Crippen LogP contribution in [0.25, 0.3) is 11.4 Å². The zero-order valence-corrected chi connectivity index (χ0v) is 20.4. The molecule has 0 radical (unpaired) electrons. The molecule has 0 bridgehead atoms. The van der Waals surface area contributed by atoms with E-state index in [0.29, 0.717) is 23.3 Å². The average molecular weight is 474 g/mol. The lowest BCUT2D eigenvalue weighted by Crippen LogP contribution is -2.42. The molecule has 1 unspecified atom stereocenters. The Balaban J connectivity index is 1.15. The molecule has 3 heterocycles. The van der Waals surface area contributed by atoms with Crippen molar-refractivity contribution in [3.8, 4) is 11.4 Å². The van der Waals surface area contributed by atoms with Crippen molar-refractivity contribution in [3.63, 3.8) is 0 Å². The summed E-state index contributed by atoms with van der Waals surface area (Å²) in [5, 5.41) is 7.91. The number of rotatable bonds is 9. The minimum absolute atomic E-state index is 0.101. The van der Waals surface area contributed by atoms with E-state index in [9.17, 15) is 4.79 Å². The second-order valence-electron chi connectivity index (χ2n) is 9.31. The van der Waals surface area contributed by atoms with Crippen LogP contribution in [0.4, 0.5) is 0 Å². The van der Waals surface area contributed by atoms with Gasteiger partial charge in [0.05, 0.1) is 6.54 Å². The van der Waals surface area contributed by atoms with Crippen LogP contribution in [-0.2, 0) is 11.3 Å². The summed E-state index contributed by atoms with van der Waals surface area (Å²) in [6.45, 7) is 7.70. The quantitative estimate of drug-likeness (QED) is 0.545. The lowest BCUT2D eigenvalue weighted by molar-refractivity contribution is -0.126. The SMILES string of the molecule is CCC1CCCCN1CCCNC(=O)C1CCN(Cc2nc(-c3cccc(Cl)c3)no2)CC1. The first kappa shape index (κ1) is 24.2. The molecular weight excluding hydrogens is 438 g/mol. The first-order valence-electron chi connectivity index (χ1n) is 12.4. The van der Waals surface area contributed by atoms with Gasteiger partial charge in [-0.25, -0.2) is 0 Å². The van der Waals surface area contributed by atoms with Gasteiger partial charge in [-0.3, -0.25) is 9.69 Å². The molecule has 8 heteroatoms. The van der Waals surface area contributed by atoms with Crippen molar-refractivity contribution in [3.05, 3.63) is 35.2 Å². The molecule has 1 aromatic heterocycles. The van der Waals surface area contributed by atoms with E-state index in [0.717, 1.165) is 57.0 Å². The zero-order chi connectivity index (χ0) is 23.0. The minimum Gasteiger partial charge on any atom is -0.356 e. The van der Waals surface area contributed by atoms with Gasteiger partial charge in [0.15, 0.2) is 0 Å². The second-order valence-corrected chi connectivity index (χ2v) is 9.75. The van der Waals surface area contributed by atoms with Crippen molar-refractivity contribution in [2.45, 2.75) is 64.5 Å². The van der Waals surface area contributed by atoms with Crippen LogP contribution in [0, 0.1) is 5.92 Å². The molecule has 2 aliphatic heterocycles. The summed E-state index contributed by atoms with van der Waals surface area (Å²) < 4.78 is 5.44. The Morgan fingerprint density at radius 1 is 1.21 bits per heavy atom. The Labute approximate surface area is 201 Å². The van der Waals surface area contributed by atoms with Crippen molar-refractivity contribution in [1.29, 1.82) is 0 Å². The predicted octanol–water partition coefficient (Wildman–Crippen LogP) is 4.37. The van der Waals surface area contributed by atoms with E-state index in [2.05, 4.69) is 32.2 Å². The largest absolute Gasteiger partial charge is 0.356 e. The molecular formula is C25H36ClN5O2. The number of amides is 1. The third-order valence-electron chi connectivity index (χ3n) is 7.01. The maximum absolute atomic E-state index is 12.6. The Kier molecular flexibility index (Phi) is 8.75. The van der Waals surface area contributed by atoms with E-state index in [1.54, 1.807) is 0 Å². The predicted molar refractivity (Wildman–Crippen MR) is 130 cm³/mol. The van der Waals surface area contributed by atoms with Gasteiger partial charge < -0.3 is 14.7 Å². The molecule has 1 atom stereocenters. The Morgan fingerprint density at radius 2 is 2.06 bits per heavy atom. The first-order chi connectivity index (χ1) is 16.1. The van der Waals surface area contributed by atoms with Gasteiger partial charge in [0.1, 0.15) is 0 Å². The van der Waals surface area contributed by atoms with E-state index in [4.69, 9.17) is 16.1 Å². The molecule has 180 valence electrons. The molecule has 1 amide bonds. The normalized spacial score (nSPS) is 20.7. The Morgan fingerprint density at radius 3 is 2.85 bits per heavy atom. The van der Waals surface area contributed by atoms with Crippen LogP contribution in [0.2, 0.25) is 5.02 Å². The summed E-state index contributed by atoms with van der Waals surface area (Å²) in [4.78, 5) is 22.0. The fraction of sp³-hybridized carbons (Fsp3) is 0.640. The molecule has 7 nitrogen and oxygen atoms in total. The highest BCUT2D eigenvalue weighted by Gasteiger charge is 2.26. The molecule has 4 rings (SSSR count). The van der Waals surface area contributed by atoms with Gasteiger partial charge in [-0.2, -0.15) is 4.98 Å². The number of hydrogen-bond acceptors (Lipinski definition) is 6. The first-order valence-corrected chi connectivity index (χ1v) is 12.8. The van der Waals surface area contributed by atoms with Gasteiger partial charge in [-0.05, 0) is 70.3 Å². The van der Waals surface area contributed by atoms with Crippen LogP contribution in [0.3, 0.4) is 0 Å². The average Bonchev–Trinajstić information content (AvgIpc) is 3.31. The van der Waals surface area contributed by atoms with Crippen LogP contribution in [-0.4, -0.2) is 64.6 Å². The monoisotopic (exact) mass is 473 g/mol. The van der Waals surface area contributed by atoms with E-state index >= 15 is 0 Å². The standard InChI is InChI=1S/C25H36ClN5O2/c1-2-22-9-3-4-13-31(22)14-6-12-27-25(32)19-10-15-30(16-11-19)18-23-28-24(29-33-23)20-7-5-8-21(26)17-20/h5,7-8,17,19,22H,2-4,6,9-16,18H2,1H3,(H,27,32). The molecule has 1 N–H and O–H groups in total. The molecule has 33 heavy (non-hydrogen) atoms. The molecule has 0 saturated carbocycles. The molecule has 2 aromatic rings. The third kappa shape index (κ3) is 6.78. The number of hydrogen-bond donors (Lipinski definition) is 1. The summed E-state index contributed by atoms with van der Waals surface area (Å²) in [5.41, 5.74) is 0.846. The highest BCUT2D eigenvalue weighted by Crippen LogP contribution is 2.23. The van der Waals surface area contributed by atoms with Crippen molar-refractivity contribution < 1.29 is 9.32 Å². The number of benzene rings is 1. The maximum Gasteiger partial charge on any atom is 0.241 e. The summed E-state index contributed by atoms with van der Waals surface area (Å²) in [6.07, 6.45) is 8.00. The summed E-state index contributed by atoms with van der Waals surface area (Å²) in [6, 6.07) is 8.18. The number of halogens is 1. The van der Waals surface area contributed by atoms with Crippen LogP contribution < -0.4 is 5.32 Å². The summed E-state index contributed by atoms with van der Waals surface area (Å²) in [5.74, 6) is 1.46. The van der Waals surface area contributed by atoms with Crippen LogP contribution in [0.5, 0.6) is 0 Å². The lowest BCUT2D eigenvalue weighted by atomic mass is 9.96. The summed E-state index contributed by atoms with van der Waals surface area (Å²) >= 11 is 6.05. The number of carbonyl (C=O) groups excluding carboxylic acids is 1. The van der Waals surface area contributed by atoms with E-state index in [1.807, 2.05) is 24.3 Å². The van der Waals surface area contributed by atoms with Gasteiger partial charge >= 0.3 is 0 Å². The lowest BCUT2D eigenvalue weighted by Gasteiger charge is -2.35. The van der Waals surface area contributed by atoms with Gasteiger partial charge in [-0.1, -0.05) is 42.2 Å². The van der Waals surface area contributed by atoms with Crippen molar-refractivity contribution in [1.82, 2.24) is 25.3 Å². The number of piperidine rings is 2. The van der Waals surface area contributed by atoms with Crippen LogP contribution >= 0.6 is 11.6 Å². The molecule has 0 spiro atoms. The van der Waals surface area contributed by atoms with Gasteiger partial charge in [-0.15, -0.1) is 0 Å². The van der Waals surface area contributed by atoms with Gasteiger partial charge in [0.25, 0.3) is 0 Å². The molecule has 2 aliphatic rings. The minimum atomic E-state index is 0.101. The number of carbonyl (C=O) groups is 1. The number of nitrogens with zero attached hydrogens (tertiary/aromatic N) is 4. The van der Waals surface area contributed by atoms with Gasteiger partial charge in [0, 0.05) is 35.6 Å².